The third kappa shape index (κ3) is 5.74. The van der Waals surface area contributed by atoms with Gasteiger partial charge in [0, 0.05) is 12.6 Å². The lowest BCUT2D eigenvalue weighted by Gasteiger charge is -2.31. The molecular weight excluding hydrogens is 273 g/mol. The lowest BCUT2D eigenvalue weighted by atomic mass is 9.96. The summed E-state index contributed by atoms with van der Waals surface area (Å²) in [7, 11) is 1.96. The van der Waals surface area contributed by atoms with Crippen molar-refractivity contribution >= 4 is 30.7 Å². The number of amides is 1. The van der Waals surface area contributed by atoms with Gasteiger partial charge in [-0.2, -0.15) is 0 Å². The summed E-state index contributed by atoms with van der Waals surface area (Å²) in [6, 6.07) is 0.385. The normalized spacial score (nSPS) is 17.7. The van der Waals surface area contributed by atoms with E-state index in [9.17, 15) is 4.79 Å². The first-order chi connectivity index (χ1) is 7.39. The highest BCUT2D eigenvalue weighted by molar-refractivity contribution is 5.85. The van der Waals surface area contributed by atoms with E-state index >= 15 is 0 Å². The summed E-state index contributed by atoms with van der Waals surface area (Å²) < 4.78 is 0. The zero-order valence-electron chi connectivity index (χ0n) is 11.7. The molecule has 4 nitrogen and oxygen atoms in total. The highest BCUT2D eigenvalue weighted by Crippen LogP contribution is 2.38. The summed E-state index contributed by atoms with van der Waals surface area (Å²) >= 11 is 0. The van der Waals surface area contributed by atoms with E-state index < -0.39 is 0 Å². The van der Waals surface area contributed by atoms with Crippen molar-refractivity contribution in [2.24, 2.45) is 11.7 Å². The summed E-state index contributed by atoms with van der Waals surface area (Å²) in [5.74, 6) is 0.654. The molecule has 0 bridgehead atoms. The van der Waals surface area contributed by atoms with Crippen molar-refractivity contribution in [1.82, 2.24) is 10.2 Å². The van der Waals surface area contributed by atoms with Crippen LogP contribution in [0.2, 0.25) is 0 Å². The van der Waals surface area contributed by atoms with Gasteiger partial charge in [0.15, 0.2) is 0 Å². The van der Waals surface area contributed by atoms with Crippen LogP contribution in [0, 0.1) is 5.92 Å². The number of likely N-dealkylation sites (N-methyl/N-ethyl adjacent to an activating group) is 1. The van der Waals surface area contributed by atoms with Gasteiger partial charge in [-0.15, -0.1) is 24.8 Å². The van der Waals surface area contributed by atoms with Gasteiger partial charge in [-0.3, -0.25) is 9.69 Å². The summed E-state index contributed by atoms with van der Waals surface area (Å²) in [5.41, 5.74) is 5.56. The Morgan fingerprint density at radius 3 is 2.28 bits per heavy atom. The lowest BCUT2D eigenvalue weighted by molar-refractivity contribution is -0.124. The zero-order valence-corrected chi connectivity index (χ0v) is 13.4. The monoisotopic (exact) mass is 299 g/mol. The molecule has 0 heterocycles. The first-order valence-corrected chi connectivity index (χ1v) is 6.10. The van der Waals surface area contributed by atoms with Crippen LogP contribution in [0.15, 0.2) is 0 Å². The van der Waals surface area contributed by atoms with Gasteiger partial charge < -0.3 is 11.1 Å². The van der Waals surface area contributed by atoms with Crippen LogP contribution in [0.5, 0.6) is 0 Å². The number of halogens is 2. The van der Waals surface area contributed by atoms with E-state index in [2.05, 4.69) is 26.1 Å². The van der Waals surface area contributed by atoms with Gasteiger partial charge in [0.05, 0.1) is 12.1 Å². The number of nitrogens with zero attached hydrogens (tertiary/aromatic N) is 1. The van der Waals surface area contributed by atoms with E-state index in [1.165, 1.54) is 12.8 Å². The molecule has 0 aliphatic heterocycles. The molecule has 0 spiro atoms. The van der Waals surface area contributed by atoms with E-state index in [0.717, 1.165) is 0 Å². The Balaban J connectivity index is 0. The van der Waals surface area contributed by atoms with Gasteiger partial charge in [0.25, 0.3) is 0 Å². The van der Waals surface area contributed by atoms with Gasteiger partial charge in [-0.1, -0.05) is 0 Å². The van der Waals surface area contributed by atoms with Crippen LogP contribution in [-0.4, -0.2) is 42.5 Å². The number of carbonyl (C=O) groups is 1. The fraction of sp³-hybridized carbons (Fsp3) is 0.917. The number of nitrogens with two attached hydrogens (primary N) is 1. The van der Waals surface area contributed by atoms with Crippen LogP contribution in [0.1, 0.15) is 33.6 Å². The molecule has 0 aromatic rings. The number of carbonyl (C=O) groups excluding carboxylic acids is 1. The van der Waals surface area contributed by atoms with Crippen LogP contribution in [0.4, 0.5) is 0 Å². The van der Waals surface area contributed by atoms with Gasteiger partial charge in [-0.25, -0.2) is 0 Å². The molecule has 0 radical (unpaired) electrons. The number of hydrogen-bond donors (Lipinski definition) is 2. The SMILES string of the molecule is CC(C)N(C)CC(=O)NC(C)(CN)C1CC1.Cl.Cl. The molecule has 110 valence electrons. The lowest BCUT2D eigenvalue weighted by Crippen LogP contribution is -2.55. The van der Waals surface area contributed by atoms with Crippen LogP contribution in [-0.2, 0) is 4.79 Å². The quantitative estimate of drug-likeness (QED) is 0.780. The summed E-state index contributed by atoms with van der Waals surface area (Å²) in [6.45, 7) is 7.18. The Hall–Kier alpha value is -0.0300. The van der Waals surface area contributed by atoms with Gasteiger partial charge in [-0.05, 0) is 46.6 Å². The van der Waals surface area contributed by atoms with Crippen LogP contribution >= 0.6 is 24.8 Å². The van der Waals surface area contributed by atoms with Gasteiger partial charge in [0.1, 0.15) is 0 Å². The minimum Gasteiger partial charge on any atom is -0.348 e. The number of rotatable bonds is 6. The van der Waals surface area contributed by atoms with Crippen LogP contribution < -0.4 is 11.1 Å². The molecule has 0 aromatic carbocycles. The fourth-order valence-corrected chi connectivity index (χ4v) is 1.81. The first-order valence-electron chi connectivity index (χ1n) is 6.10. The van der Waals surface area contributed by atoms with Crippen molar-refractivity contribution in [1.29, 1.82) is 0 Å². The maximum Gasteiger partial charge on any atom is 0.234 e. The molecule has 1 aliphatic rings. The molecule has 1 saturated carbocycles. The Bertz CT molecular complexity index is 260. The summed E-state index contributed by atoms with van der Waals surface area (Å²) in [5, 5.41) is 3.09. The predicted octanol–water partition coefficient (Wildman–Crippen LogP) is 1.41. The smallest absolute Gasteiger partial charge is 0.234 e. The molecule has 0 aromatic heterocycles. The van der Waals surface area contributed by atoms with Crippen molar-refractivity contribution in [3.8, 4) is 0 Å². The van der Waals surface area contributed by atoms with Gasteiger partial charge >= 0.3 is 0 Å². The topological polar surface area (TPSA) is 58.4 Å². The van der Waals surface area contributed by atoms with E-state index in [1.54, 1.807) is 0 Å². The van der Waals surface area contributed by atoms with E-state index in [0.29, 0.717) is 25.0 Å². The third-order valence-electron chi connectivity index (χ3n) is 3.60. The third-order valence-corrected chi connectivity index (χ3v) is 3.60. The Morgan fingerprint density at radius 2 is 1.94 bits per heavy atom. The van der Waals surface area contributed by atoms with Crippen molar-refractivity contribution in [2.75, 3.05) is 20.1 Å². The largest absolute Gasteiger partial charge is 0.348 e. The second-order valence-electron chi connectivity index (χ2n) is 5.45. The van der Waals surface area contributed by atoms with Gasteiger partial charge in [0.2, 0.25) is 5.91 Å². The summed E-state index contributed by atoms with van der Waals surface area (Å²) in [4.78, 5) is 13.9. The van der Waals surface area contributed by atoms with Crippen LogP contribution in [0.25, 0.3) is 0 Å². The Kier molecular flexibility index (Phi) is 9.25. The maximum absolute atomic E-state index is 11.9. The highest BCUT2D eigenvalue weighted by atomic mass is 35.5. The average molecular weight is 300 g/mol. The second kappa shape index (κ2) is 8.20. The van der Waals surface area contributed by atoms with E-state index in [-0.39, 0.29) is 36.3 Å². The van der Waals surface area contributed by atoms with Crippen LogP contribution in [0.3, 0.4) is 0 Å². The molecule has 18 heavy (non-hydrogen) atoms. The molecule has 1 aliphatic carbocycles. The molecule has 1 unspecified atom stereocenters. The minimum absolute atomic E-state index is 0. The van der Waals surface area contributed by atoms with Crippen molar-refractivity contribution < 1.29 is 4.79 Å². The molecule has 1 rings (SSSR count). The summed E-state index contributed by atoms with van der Waals surface area (Å²) in [6.07, 6.45) is 2.38. The number of hydrogen-bond acceptors (Lipinski definition) is 3. The van der Waals surface area contributed by atoms with E-state index in [1.807, 2.05) is 11.9 Å². The average Bonchev–Trinajstić information content (AvgIpc) is 3.00. The van der Waals surface area contributed by atoms with Crippen molar-refractivity contribution in [3.63, 3.8) is 0 Å². The standard InChI is InChI=1S/C12H25N3O.2ClH/c1-9(2)15(4)7-11(16)14-12(3,8-13)10-5-6-10;;/h9-10H,5-8,13H2,1-4H3,(H,14,16);2*1H. The molecule has 6 heteroatoms. The zero-order chi connectivity index (χ0) is 12.3. The molecular formula is C12H27Cl2N3O. The maximum atomic E-state index is 11.9. The van der Waals surface area contributed by atoms with Crippen molar-refractivity contribution in [2.45, 2.75) is 45.2 Å². The number of nitrogens with one attached hydrogen (secondary N) is 1. The van der Waals surface area contributed by atoms with E-state index in [4.69, 9.17) is 5.73 Å². The molecule has 1 fully saturated rings. The highest BCUT2D eigenvalue weighted by Gasteiger charge is 2.41. The molecule has 1 atom stereocenters. The first kappa shape index (κ1) is 20.3. The minimum atomic E-state index is -0.200. The molecule has 3 N–H and O–H groups in total. The predicted molar refractivity (Wildman–Crippen MR) is 80.6 cm³/mol. The fourth-order valence-electron chi connectivity index (χ4n) is 1.81. The van der Waals surface area contributed by atoms with Crippen molar-refractivity contribution in [3.05, 3.63) is 0 Å². The Labute approximate surface area is 123 Å². The second-order valence-corrected chi connectivity index (χ2v) is 5.45. The molecule has 0 saturated heterocycles. The Morgan fingerprint density at radius 1 is 1.44 bits per heavy atom. The molecule has 1 amide bonds.